The lowest BCUT2D eigenvalue weighted by Crippen LogP contribution is -2.47. The number of hydrogen-bond donors (Lipinski definition) is 1. The van der Waals surface area contributed by atoms with Crippen molar-refractivity contribution in [1.82, 2.24) is 5.32 Å². The van der Waals surface area contributed by atoms with Gasteiger partial charge in [-0.3, -0.25) is 9.59 Å². The molecule has 1 saturated carbocycles. The number of nitrogens with one attached hydrogen (secondary N) is 1. The van der Waals surface area contributed by atoms with Crippen molar-refractivity contribution < 1.29 is 9.59 Å². The van der Waals surface area contributed by atoms with Gasteiger partial charge in [0.25, 0.3) is 0 Å². The Morgan fingerprint density at radius 3 is 2.83 bits per heavy atom. The van der Waals surface area contributed by atoms with Crippen LogP contribution in [0.15, 0.2) is 0 Å². The zero-order valence-electron chi connectivity index (χ0n) is 7.01. The van der Waals surface area contributed by atoms with E-state index in [0.717, 1.165) is 12.8 Å². The lowest BCUT2D eigenvalue weighted by Gasteiger charge is -2.35. The Morgan fingerprint density at radius 2 is 2.00 bits per heavy atom. The van der Waals surface area contributed by atoms with Gasteiger partial charge in [0, 0.05) is 25.3 Å². The van der Waals surface area contributed by atoms with Gasteiger partial charge in [0.1, 0.15) is 5.78 Å². The number of hydrogen-bond acceptors (Lipinski definition) is 2. The van der Waals surface area contributed by atoms with Crippen LogP contribution in [-0.4, -0.2) is 17.7 Å². The van der Waals surface area contributed by atoms with E-state index in [9.17, 15) is 9.59 Å². The van der Waals surface area contributed by atoms with Gasteiger partial charge in [0.15, 0.2) is 0 Å². The van der Waals surface area contributed by atoms with Gasteiger partial charge in [0.05, 0.1) is 0 Å². The standard InChI is InChI=1S/C9H13NO2/c11-7-2-3-8-6(5-7)1-4-9(12)10-8/h6,8H,1-5H2,(H,10,12)/t6-,8-/m1/s1. The highest BCUT2D eigenvalue weighted by molar-refractivity contribution is 5.82. The summed E-state index contributed by atoms with van der Waals surface area (Å²) in [5, 5.41) is 2.95. The Kier molecular flexibility index (Phi) is 1.87. The molecule has 0 unspecified atom stereocenters. The summed E-state index contributed by atoms with van der Waals surface area (Å²) in [6, 6.07) is 0.295. The minimum absolute atomic E-state index is 0.158. The predicted octanol–water partition coefficient (Wildman–Crippen LogP) is 0.634. The minimum Gasteiger partial charge on any atom is -0.353 e. The Balaban J connectivity index is 2.02. The van der Waals surface area contributed by atoms with Gasteiger partial charge in [-0.25, -0.2) is 0 Å². The summed E-state index contributed by atoms with van der Waals surface area (Å²) in [6.07, 6.45) is 3.71. The molecule has 1 N–H and O–H groups in total. The molecule has 1 amide bonds. The van der Waals surface area contributed by atoms with E-state index in [2.05, 4.69) is 5.32 Å². The van der Waals surface area contributed by atoms with Crippen LogP contribution >= 0.6 is 0 Å². The third-order valence-corrected chi connectivity index (χ3v) is 2.88. The highest BCUT2D eigenvalue weighted by Crippen LogP contribution is 2.28. The molecule has 0 aromatic carbocycles. The summed E-state index contributed by atoms with van der Waals surface area (Å²) >= 11 is 0. The Hall–Kier alpha value is -0.860. The van der Waals surface area contributed by atoms with Crippen LogP contribution in [0.5, 0.6) is 0 Å². The molecule has 0 bridgehead atoms. The molecule has 1 heterocycles. The molecule has 2 atom stereocenters. The van der Waals surface area contributed by atoms with E-state index >= 15 is 0 Å². The van der Waals surface area contributed by atoms with Crippen molar-refractivity contribution in [2.45, 2.75) is 38.1 Å². The van der Waals surface area contributed by atoms with Crippen LogP contribution in [0.3, 0.4) is 0 Å². The van der Waals surface area contributed by atoms with Crippen LogP contribution in [0.2, 0.25) is 0 Å². The molecule has 66 valence electrons. The van der Waals surface area contributed by atoms with E-state index < -0.39 is 0 Å². The lowest BCUT2D eigenvalue weighted by molar-refractivity contribution is -0.129. The quantitative estimate of drug-likeness (QED) is 0.575. The lowest BCUT2D eigenvalue weighted by atomic mass is 9.79. The molecule has 3 nitrogen and oxygen atoms in total. The van der Waals surface area contributed by atoms with Crippen molar-refractivity contribution in [2.24, 2.45) is 5.92 Å². The zero-order chi connectivity index (χ0) is 8.55. The van der Waals surface area contributed by atoms with Crippen LogP contribution < -0.4 is 5.32 Å². The van der Waals surface area contributed by atoms with Crippen molar-refractivity contribution in [3.8, 4) is 0 Å². The topological polar surface area (TPSA) is 46.2 Å². The fraction of sp³-hybridized carbons (Fsp3) is 0.778. The number of amides is 1. The van der Waals surface area contributed by atoms with Gasteiger partial charge in [-0.1, -0.05) is 0 Å². The molecule has 2 rings (SSSR count). The molecule has 3 heteroatoms. The van der Waals surface area contributed by atoms with E-state index in [1.165, 1.54) is 0 Å². The second-order valence-electron chi connectivity index (χ2n) is 3.75. The third-order valence-electron chi connectivity index (χ3n) is 2.88. The molecule has 1 aliphatic heterocycles. The van der Waals surface area contributed by atoms with E-state index in [1.807, 2.05) is 0 Å². The molecule has 0 radical (unpaired) electrons. The summed E-state index contributed by atoms with van der Waals surface area (Å²) in [4.78, 5) is 22.1. The van der Waals surface area contributed by atoms with Gasteiger partial charge in [0.2, 0.25) is 5.91 Å². The monoisotopic (exact) mass is 167 g/mol. The number of Topliss-reactive ketones (excluding diaryl/α,β-unsaturated/α-hetero) is 1. The molecular weight excluding hydrogens is 154 g/mol. The first-order valence-corrected chi connectivity index (χ1v) is 4.57. The molecule has 0 aromatic heterocycles. The van der Waals surface area contributed by atoms with Crippen molar-refractivity contribution >= 4 is 11.7 Å². The molecule has 2 fully saturated rings. The zero-order valence-corrected chi connectivity index (χ0v) is 7.01. The fourth-order valence-corrected chi connectivity index (χ4v) is 2.18. The third kappa shape index (κ3) is 1.36. The number of ketones is 1. The molecule has 12 heavy (non-hydrogen) atoms. The maximum absolute atomic E-state index is 11.1. The van der Waals surface area contributed by atoms with Crippen molar-refractivity contribution in [1.29, 1.82) is 0 Å². The van der Waals surface area contributed by atoms with Crippen molar-refractivity contribution in [3.63, 3.8) is 0 Å². The van der Waals surface area contributed by atoms with Gasteiger partial charge in [-0.05, 0) is 18.8 Å². The van der Waals surface area contributed by atoms with E-state index in [0.29, 0.717) is 37.0 Å². The largest absolute Gasteiger partial charge is 0.353 e. The molecule has 0 aromatic rings. The summed E-state index contributed by atoms with van der Waals surface area (Å²) in [5.74, 6) is 0.960. The molecule has 2 aliphatic rings. The maximum Gasteiger partial charge on any atom is 0.220 e. The highest BCUT2D eigenvalue weighted by Gasteiger charge is 2.33. The number of fused-ring (bicyclic) bond motifs is 1. The van der Waals surface area contributed by atoms with Crippen LogP contribution in [0.25, 0.3) is 0 Å². The van der Waals surface area contributed by atoms with E-state index in [1.54, 1.807) is 0 Å². The van der Waals surface area contributed by atoms with Gasteiger partial charge >= 0.3 is 0 Å². The smallest absolute Gasteiger partial charge is 0.220 e. The first kappa shape index (κ1) is 7.77. The average Bonchev–Trinajstić information content (AvgIpc) is 2.05. The Labute approximate surface area is 71.5 Å². The molecular formula is C9H13NO2. The fourth-order valence-electron chi connectivity index (χ4n) is 2.18. The first-order chi connectivity index (χ1) is 5.75. The highest BCUT2D eigenvalue weighted by atomic mass is 16.1. The normalized spacial score (nSPS) is 35.7. The Bertz CT molecular complexity index is 201. The van der Waals surface area contributed by atoms with Crippen molar-refractivity contribution in [3.05, 3.63) is 0 Å². The predicted molar refractivity (Wildman–Crippen MR) is 43.5 cm³/mol. The number of rotatable bonds is 0. The minimum atomic E-state index is 0.158. The average molecular weight is 167 g/mol. The van der Waals surface area contributed by atoms with Crippen LogP contribution in [0, 0.1) is 5.92 Å². The van der Waals surface area contributed by atoms with Crippen LogP contribution in [0.1, 0.15) is 32.1 Å². The Morgan fingerprint density at radius 1 is 1.17 bits per heavy atom. The van der Waals surface area contributed by atoms with Crippen molar-refractivity contribution in [2.75, 3.05) is 0 Å². The number of carbonyl (C=O) groups is 2. The van der Waals surface area contributed by atoms with Gasteiger partial charge in [-0.15, -0.1) is 0 Å². The maximum atomic E-state index is 11.1. The second kappa shape index (κ2) is 2.88. The number of carbonyl (C=O) groups excluding carboxylic acids is 2. The summed E-state index contributed by atoms with van der Waals surface area (Å²) in [5.41, 5.74) is 0. The SMILES string of the molecule is O=C1CC[C@H]2NC(=O)CC[C@@H]2C1. The molecule has 1 saturated heterocycles. The first-order valence-electron chi connectivity index (χ1n) is 4.57. The second-order valence-corrected chi connectivity index (χ2v) is 3.75. The molecule has 1 aliphatic carbocycles. The summed E-state index contributed by atoms with van der Waals surface area (Å²) < 4.78 is 0. The summed E-state index contributed by atoms with van der Waals surface area (Å²) in [7, 11) is 0. The van der Waals surface area contributed by atoms with Crippen LogP contribution in [0.4, 0.5) is 0 Å². The van der Waals surface area contributed by atoms with Gasteiger partial charge in [-0.2, -0.15) is 0 Å². The van der Waals surface area contributed by atoms with E-state index in [-0.39, 0.29) is 5.91 Å². The van der Waals surface area contributed by atoms with Crippen LogP contribution in [-0.2, 0) is 9.59 Å². The number of piperidine rings is 1. The molecule has 0 spiro atoms. The summed E-state index contributed by atoms with van der Waals surface area (Å²) in [6.45, 7) is 0. The van der Waals surface area contributed by atoms with E-state index in [4.69, 9.17) is 0 Å². The van der Waals surface area contributed by atoms with Gasteiger partial charge < -0.3 is 5.32 Å².